The van der Waals surface area contributed by atoms with Gasteiger partial charge in [-0.3, -0.25) is 4.79 Å². The highest BCUT2D eigenvalue weighted by atomic mass is 16.7. The van der Waals surface area contributed by atoms with Crippen molar-refractivity contribution in [3.63, 3.8) is 0 Å². The van der Waals surface area contributed by atoms with Crippen molar-refractivity contribution in [3.05, 3.63) is 65.2 Å². The van der Waals surface area contributed by atoms with Gasteiger partial charge in [-0.2, -0.15) is 0 Å². The third-order valence-corrected chi connectivity index (χ3v) is 3.91. The van der Waals surface area contributed by atoms with Crippen molar-refractivity contribution in [1.82, 2.24) is 0 Å². The smallest absolute Gasteiger partial charge is 0.231 e. The van der Waals surface area contributed by atoms with Crippen LogP contribution in [0.5, 0.6) is 11.5 Å². The monoisotopic (exact) mass is 308 g/mol. The summed E-state index contributed by atoms with van der Waals surface area (Å²) in [4.78, 5) is 12.2. The van der Waals surface area contributed by atoms with Gasteiger partial charge in [0.25, 0.3) is 0 Å². The second-order valence-electron chi connectivity index (χ2n) is 5.92. The molecule has 0 atom stereocenters. The van der Waals surface area contributed by atoms with Gasteiger partial charge in [-0.05, 0) is 29.2 Å². The Balaban J connectivity index is 1.62. The molecule has 1 aliphatic heterocycles. The quantitative estimate of drug-likeness (QED) is 0.742. The van der Waals surface area contributed by atoms with E-state index in [0.29, 0.717) is 12.3 Å². The summed E-state index contributed by atoms with van der Waals surface area (Å²) in [5, 5.41) is 0. The lowest BCUT2D eigenvalue weighted by molar-refractivity contribution is 0.0996. The molecule has 1 aliphatic rings. The lowest BCUT2D eigenvalue weighted by atomic mass is 9.99. The van der Waals surface area contributed by atoms with Gasteiger partial charge >= 0.3 is 0 Å². The van der Waals surface area contributed by atoms with Gasteiger partial charge in [0.15, 0.2) is 17.3 Å². The maximum Gasteiger partial charge on any atom is 0.231 e. The van der Waals surface area contributed by atoms with E-state index >= 15 is 0 Å². The fourth-order valence-electron chi connectivity index (χ4n) is 2.49. The summed E-state index contributed by atoms with van der Waals surface area (Å²) in [5.74, 6) is 2.12. The number of Topliss-reactive ketones (excluding diaryl/α,β-unsaturated/α-hetero) is 1. The van der Waals surface area contributed by atoms with Gasteiger partial charge in [-0.25, -0.2) is 0 Å². The second kappa shape index (κ2) is 6.69. The van der Waals surface area contributed by atoms with E-state index in [9.17, 15) is 4.79 Å². The summed E-state index contributed by atoms with van der Waals surface area (Å²) < 4.78 is 10.6. The molecule has 0 spiro atoms. The Labute approximate surface area is 136 Å². The molecular formula is C20H20O3. The molecular weight excluding hydrogens is 288 g/mol. The number of fused-ring (bicyclic) bond motifs is 1. The van der Waals surface area contributed by atoms with Gasteiger partial charge < -0.3 is 9.47 Å². The molecule has 3 nitrogen and oxygen atoms in total. The summed E-state index contributed by atoms with van der Waals surface area (Å²) in [6.45, 7) is 4.56. The fourth-order valence-corrected chi connectivity index (χ4v) is 2.49. The van der Waals surface area contributed by atoms with Crippen molar-refractivity contribution < 1.29 is 14.3 Å². The maximum absolute atomic E-state index is 12.2. The van der Waals surface area contributed by atoms with Gasteiger partial charge in [0.05, 0.1) is 0 Å². The largest absolute Gasteiger partial charge is 0.454 e. The van der Waals surface area contributed by atoms with Crippen LogP contribution in [0.4, 0.5) is 0 Å². The molecule has 2 aromatic carbocycles. The van der Waals surface area contributed by atoms with Crippen LogP contribution in [-0.4, -0.2) is 12.6 Å². The van der Waals surface area contributed by atoms with E-state index in [1.54, 1.807) is 0 Å². The van der Waals surface area contributed by atoms with E-state index in [1.807, 2.05) is 54.6 Å². The standard InChI is InChI=1S/C20H20O3/c1-14(2)16-7-9-17(10-8-16)18(21)5-3-4-15-6-11-19-20(12-15)23-13-22-19/h3-4,6-12,14H,5,13H2,1-2H3/b4-3+. The molecule has 0 fully saturated rings. The maximum atomic E-state index is 12.2. The first-order chi connectivity index (χ1) is 11.1. The lowest BCUT2D eigenvalue weighted by Crippen LogP contribution is -1.97. The minimum Gasteiger partial charge on any atom is -0.454 e. The van der Waals surface area contributed by atoms with Crippen molar-refractivity contribution in [2.75, 3.05) is 6.79 Å². The van der Waals surface area contributed by atoms with Gasteiger partial charge in [-0.15, -0.1) is 0 Å². The molecule has 3 rings (SSSR count). The number of ether oxygens (including phenoxy) is 2. The molecule has 0 bridgehead atoms. The number of rotatable bonds is 5. The summed E-state index contributed by atoms with van der Waals surface area (Å²) in [7, 11) is 0. The number of benzene rings is 2. The molecule has 2 aromatic rings. The Morgan fingerprint density at radius 2 is 1.83 bits per heavy atom. The van der Waals surface area contributed by atoms with Crippen molar-refractivity contribution in [2.45, 2.75) is 26.2 Å². The van der Waals surface area contributed by atoms with Crippen molar-refractivity contribution in [1.29, 1.82) is 0 Å². The molecule has 0 aromatic heterocycles. The van der Waals surface area contributed by atoms with Gasteiger partial charge in [0, 0.05) is 12.0 Å². The number of hydrogen-bond donors (Lipinski definition) is 0. The van der Waals surface area contributed by atoms with Gasteiger partial charge in [0.1, 0.15) is 0 Å². The van der Waals surface area contributed by atoms with Crippen LogP contribution in [0.25, 0.3) is 6.08 Å². The molecule has 0 unspecified atom stereocenters. The third-order valence-electron chi connectivity index (χ3n) is 3.91. The number of carbonyl (C=O) groups excluding carboxylic acids is 1. The predicted molar refractivity (Wildman–Crippen MR) is 91.1 cm³/mol. The second-order valence-corrected chi connectivity index (χ2v) is 5.92. The topological polar surface area (TPSA) is 35.5 Å². The molecule has 0 radical (unpaired) electrons. The van der Waals surface area contributed by atoms with Crippen LogP contribution in [-0.2, 0) is 0 Å². The Morgan fingerprint density at radius 3 is 2.57 bits per heavy atom. The zero-order valence-electron chi connectivity index (χ0n) is 13.4. The molecule has 118 valence electrons. The minimum atomic E-state index is 0.122. The third kappa shape index (κ3) is 3.62. The molecule has 0 N–H and O–H groups in total. The lowest BCUT2D eigenvalue weighted by Gasteiger charge is -2.05. The Kier molecular flexibility index (Phi) is 4.47. The molecule has 0 aliphatic carbocycles. The first-order valence-corrected chi connectivity index (χ1v) is 7.83. The van der Waals surface area contributed by atoms with Crippen LogP contribution in [0.3, 0.4) is 0 Å². The normalized spacial score (nSPS) is 13.0. The van der Waals surface area contributed by atoms with Crippen LogP contribution >= 0.6 is 0 Å². The summed E-state index contributed by atoms with van der Waals surface area (Å²) in [6, 6.07) is 13.6. The summed E-state index contributed by atoms with van der Waals surface area (Å²) in [6.07, 6.45) is 4.20. The van der Waals surface area contributed by atoms with Crippen LogP contribution in [0.2, 0.25) is 0 Å². The highest BCUT2D eigenvalue weighted by Crippen LogP contribution is 2.32. The van der Waals surface area contributed by atoms with Crippen LogP contribution in [0.1, 0.15) is 47.7 Å². The average Bonchev–Trinajstić information content (AvgIpc) is 3.02. The van der Waals surface area contributed by atoms with E-state index < -0.39 is 0 Å². The number of carbonyl (C=O) groups is 1. The van der Waals surface area contributed by atoms with Crippen molar-refractivity contribution in [2.24, 2.45) is 0 Å². The molecule has 0 saturated heterocycles. The molecule has 0 amide bonds. The Bertz CT molecular complexity index is 727. The van der Waals surface area contributed by atoms with E-state index in [4.69, 9.17) is 9.47 Å². The molecule has 1 heterocycles. The average molecular weight is 308 g/mol. The Morgan fingerprint density at radius 1 is 1.09 bits per heavy atom. The van der Waals surface area contributed by atoms with Crippen molar-refractivity contribution >= 4 is 11.9 Å². The Hall–Kier alpha value is -2.55. The van der Waals surface area contributed by atoms with Crippen LogP contribution in [0.15, 0.2) is 48.5 Å². The van der Waals surface area contributed by atoms with Crippen LogP contribution in [0, 0.1) is 0 Å². The van der Waals surface area contributed by atoms with E-state index in [2.05, 4.69) is 13.8 Å². The number of ketones is 1. The van der Waals surface area contributed by atoms with E-state index in [0.717, 1.165) is 22.6 Å². The predicted octanol–water partition coefficient (Wildman–Crippen LogP) is 4.82. The van der Waals surface area contributed by atoms with E-state index in [-0.39, 0.29) is 12.6 Å². The zero-order valence-corrected chi connectivity index (χ0v) is 13.4. The van der Waals surface area contributed by atoms with Crippen molar-refractivity contribution in [3.8, 4) is 11.5 Å². The van der Waals surface area contributed by atoms with E-state index in [1.165, 1.54) is 5.56 Å². The minimum absolute atomic E-state index is 0.122. The SMILES string of the molecule is CC(C)c1ccc(C(=O)C/C=C/c2ccc3c(c2)OCO3)cc1. The highest BCUT2D eigenvalue weighted by Gasteiger charge is 2.12. The molecule has 0 saturated carbocycles. The van der Waals surface area contributed by atoms with Gasteiger partial charge in [0.2, 0.25) is 6.79 Å². The first-order valence-electron chi connectivity index (χ1n) is 7.83. The molecule has 23 heavy (non-hydrogen) atoms. The summed E-state index contributed by atoms with van der Waals surface area (Å²) >= 11 is 0. The number of hydrogen-bond acceptors (Lipinski definition) is 3. The first kappa shape index (κ1) is 15.3. The van der Waals surface area contributed by atoms with Crippen LogP contribution < -0.4 is 9.47 Å². The fraction of sp³-hybridized carbons (Fsp3) is 0.250. The highest BCUT2D eigenvalue weighted by molar-refractivity contribution is 5.97. The molecule has 3 heteroatoms. The zero-order chi connectivity index (χ0) is 16.2. The number of allylic oxidation sites excluding steroid dienone is 1. The summed E-state index contributed by atoms with van der Waals surface area (Å²) in [5.41, 5.74) is 3.00. The van der Waals surface area contributed by atoms with Gasteiger partial charge in [-0.1, -0.05) is 56.3 Å².